The lowest BCUT2D eigenvalue weighted by atomic mass is 10.1. The number of aryl methyl sites for hydroxylation is 1. The zero-order valence-electron chi connectivity index (χ0n) is 12.3. The molecule has 1 heterocycles. The fourth-order valence-corrected chi connectivity index (χ4v) is 2.25. The molecule has 0 aliphatic rings. The summed E-state index contributed by atoms with van der Waals surface area (Å²) < 4.78 is 22.7. The summed E-state index contributed by atoms with van der Waals surface area (Å²) >= 11 is 0. The summed E-state index contributed by atoms with van der Waals surface area (Å²) in [5.41, 5.74) is 2.96. The van der Waals surface area contributed by atoms with Crippen LogP contribution in [0.15, 0.2) is 30.5 Å². The first-order valence-electron chi connectivity index (χ1n) is 6.50. The quantitative estimate of drug-likeness (QED) is 0.941. The molecule has 0 radical (unpaired) electrons. The lowest BCUT2D eigenvalue weighted by molar-refractivity contribution is 0.560. The first kappa shape index (κ1) is 14.8. The van der Waals surface area contributed by atoms with Crippen molar-refractivity contribution >= 4 is 26.4 Å². The fourth-order valence-electron chi connectivity index (χ4n) is 1.92. The minimum Gasteiger partial charge on any atom is -0.383 e. The number of hydrogen-bond acceptors (Lipinski definition) is 4. The lowest BCUT2D eigenvalue weighted by Gasteiger charge is -2.23. The maximum Gasteiger partial charge on any atom is 0.154 e. The van der Waals surface area contributed by atoms with Crippen LogP contribution in [0.3, 0.4) is 0 Å². The van der Waals surface area contributed by atoms with Crippen LogP contribution in [0.5, 0.6) is 0 Å². The van der Waals surface area contributed by atoms with Crippen molar-refractivity contribution in [2.45, 2.75) is 25.5 Å². The van der Waals surface area contributed by atoms with Gasteiger partial charge in [-0.1, -0.05) is 18.2 Å². The summed E-state index contributed by atoms with van der Waals surface area (Å²) in [6, 6.07) is 7.86. The molecular weight excluding hydrogens is 272 g/mol. The number of benzene rings is 1. The number of fused-ring (bicyclic) bond motifs is 1. The molecule has 0 amide bonds. The molecular formula is C15H20N2O2S. The van der Waals surface area contributed by atoms with Gasteiger partial charge in [0.1, 0.15) is 0 Å². The van der Waals surface area contributed by atoms with Crippen LogP contribution in [-0.2, 0) is 9.84 Å². The molecule has 20 heavy (non-hydrogen) atoms. The number of aromatic nitrogens is 1. The minimum absolute atomic E-state index is 0.360. The zero-order valence-corrected chi connectivity index (χ0v) is 13.1. The third kappa shape index (κ3) is 2.77. The van der Waals surface area contributed by atoms with Crippen molar-refractivity contribution in [2.75, 3.05) is 18.1 Å². The molecule has 2 rings (SSSR count). The van der Waals surface area contributed by atoms with E-state index in [-0.39, 0.29) is 0 Å². The molecule has 5 heteroatoms. The molecule has 4 nitrogen and oxygen atoms in total. The SMILES string of the molecule is Cc1cccc2c(NCC(C)(C)S(C)(=O)=O)ccnc12. The largest absolute Gasteiger partial charge is 0.383 e. The molecule has 0 saturated carbocycles. The Labute approximate surface area is 120 Å². The molecule has 0 saturated heterocycles. The topological polar surface area (TPSA) is 59.1 Å². The fraction of sp³-hybridized carbons (Fsp3) is 0.400. The predicted molar refractivity (Wildman–Crippen MR) is 83.9 cm³/mol. The Morgan fingerprint density at radius 2 is 1.95 bits per heavy atom. The van der Waals surface area contributed by atoms with Crippen LogP contribution < -0.4 is 5.32 Å². The van der Waals surface area contributed by atoms with E-state index in [1.165, 1.54) is 6.26 Å². The molecule has 0 spiro atoms. The third-order valence-electron chi connectivity index (χ3n) is 3.68. The van der Waals surface area contributed by atoms with Crippen LogP contribution in [0.1, 0.15) is 19.4 Å². The van der Waals surface area contributed by atoms with Gasteiger partial charge >= 0.3 is 0 Å². The lowest BCUT2D eigenvalue weighted by Crippen LogP contribution is -2.38. The summed E-state index contributed by atoms with van der Waals surface area (Å²) in [4.78, 5) is 4.38. The number of sulfone groups is 1. The van der Waals surface area contributed by atoms with Gasteiger partial charge in [-0.05, 0) is 32.4 Å². The van der Waals surface area contributed by atoms with Crippen LogP contribution in [0.4, 0.5) is 5.69 Å². The van der Waals surface area contributed by atoms with E-state index in [0.717, 1.165) is 22.2 Å². The molecule has 1 N–H and O–H groups in total. The van der Waals surface area contributed by atoms with Crippen molar-refractivity contribution in [3.63, 3.8) is 0 Å². The molecule has 0 bridgehead atoms. The van der Waals surface area contributed by atoms with Crippen molar-refractivity contribution in [1.29, 1.82) is 0 Å². The van der Waals surface area contributed by atoms with Crippen LogP contribution in [0.25, 0.3) is 10.9 Å². The van der Waals surface area contributed by atoms with Gasteiger partial charge in [-0.25, -0.2) is 8.42 Å². The Morgan fingerprint density at radius 1 is 1.25 bits per heavy atom. The molecule has 0 fully saturated rings. The first-order valence-corrected chi connectivity index (χ1v) is 8.39. The third-order valence-corrected chi connectivity index (χ3v) is 5.83. The molecule has 0 atom stereocenters. The zero-order chi connectivity index (χ0) is 15.0. The number of nitrogens with one attached hydrogen (secondary N) is 1. The Morgan fingerprint density at radius 3 is 2.60 bits per heavy atom. The second kappa shape index (κ2) is 5.05. The van der Waals surface area contributed by atoms with Crippen LogP contribution in [0, 0.1) is 6.92 Å². The van der Waals surface area contributed by atoms with Gasteiger partial charge in [0, 0.05) is 30.1 Å². The average molecular weight is 292 g/mol. The van der Waals surface area contributed by atoms with E-state index in [1.54, 1.807) is 20.0 Å². The van der Waals surface area contributed by atoms with Crippen molar-refractivity contribution in [2.24, 2.45) is 0 Å². The van der Waals surface area contributed by atoms with Gasteiger partial charge < -0.3 is 5.32 Å². The minimum atomic E-state index is -3.11. The van der Waals surface area contributed by atoms with Crippen molar-refractivity contribution in [1.82, 2.24) is 4.98 Å². The number of rotatable bonds is 4. The summed E-state index contributed by atoms with van der Waals surface area (Å²) in [6.07, 6.45) is 3.01. The number of hydrogen-bond donors (Lipinski definition) is 1. The van der Waals surface area contributed by atoms with E-state index in [9.17, 15) is 8.42 Å². The number of para-hydroxylation sites is 1. The molecule has 0 aliphatic heterocycles. The number of nitrogens with zero attached hydrogens (tertiary/aromatic N) is 1. The highest BCUT2D eigenvalue weighted by molar-refractivity contribution is 7.92. The molecule has 1 aromatic carbocycles. The Bertz CT molecular complexity index is 737. The molecule has 0 unspecified atom stereocenters. The predicted octanol–water partition coefficient (Wildman–Crippen LogP) is 2.78. The van der Waals surface area contributed by atoms with Crippen LogP contribution >= 0.6 is 0 Å². The first-order chi connectivity index (χ1) is 9.22. The van der Waals surface area contributed by atoms with Crippen LogP contribution in [0.2, 0.25) is 0 Å². The number of anilines is 1. The Hall–Kier alpha value is -1.62. The molecule has 0 aliphatic carbocycles. The van der Waals surface area contributed by atoms with Gasteiger partial charge in [-0.3, -0.25) is 4.98 Å². The summed E-state index contributed by atoms with van der Waals surface area (Å²) in [5, 5.41) is 4.25. The van der Waals surface area contributed by atoms with E-state index in [1.807, 2.05) is 31.2 Å². The second-order valence-corrected chi connectivity index (χ2v) is 8.36. The monoisotopic (exact) mass is 292 g/mol. The Kier molecular flexibility index (Phi) is 3.73. The smallest absolute Gasteiger partial charge is 0.154 e. The number of pyridine rings is 1. The van der Waals surface area contributed by atoms with E-state index < -0.39 is 14.6 Å². The van der Waals surface area contributed by atoms with Crippen molar-refractivity contribution in [3.8, 4) is 0 Å². The van der Waals surface area contributed by atoms with Crippen LogP contribution in [-0.4, -0.2) is 30.9 Å². The highest BCUT2D eigenvalue weighted by atomic mass is 32.2. The molecule has 2 aromatic rings. The van der Waals surface area contributed by atoms with Gasteiger partial charge in [-0.15, -0.1) is 0 Å². The highest BCUT2D eigenvalue weighted by Gasteiger charge is 2.29. The summed E-state index contributed by atoms with van der Waals surface area (Å²) in [7, 11) is -3.11. The maximum atomic E-state index is 11.7. The van der Waals surface area contributed by atoms with E-state index in [4.69, 9.17) is 0 Å². The normalized spacial score (nSPS) is 12.6. The summed E-state index contributed by atoms with van der Waals surface area (Å²) in [6.45, 7) is 5.83. The van der Waals surface area contributed by atoms with Gasteiger partial charge in [0.15, 0.2) is 9.84 Å². The van der Waals surface area contributed by atoms with Crippen molar-refractivity contribution in [3.05, 3.63) is 36.0 Å². The van der Waals surface area contributed by atoms with E-state index in [0.29, 0.717) is 6.54 Å². The van der Waals surface area contributed by atoms with Gasteiger partial charge in [-0.2, -0.15) is 0 Å². The standard InChI is InChI=1S/C15H20N2O2S/c1-11-6-5-7-12-13(8-9-16-14(11)12)17-10-15(2,3)20(4,18)19/h5-9H,10H2,1-4H3,(H,16,17). The Balaban J connectivity index is 2.34. The van der Waals surface area contributed by atoms with E-state index >= 15 is 0 Å². The van der Waals surface area contributed by atoms with Gasteiger partial charge in [0.25, 0.3) is 0 Å². The molecule has 108 valence electrons. The molecule has 1 aromatic heterocycles. The van der Waals surface area contributed by atoms with Gasteiger partial charge in [0.2, 0.25) is 0 Å². The van der Waals surface area contributed by atoms with Gasteiger partial charge in [0.05, 0.1) is 10.3 Å². The summed E-state index contributed by atoms with van der Waals surface area (Å²) in [5.74, 6) is 0. The maximum absolute atomic E-state index is 11.7. The second-order valence-electron chi connectivity index (χ2n) is 5.72. The average Bonchev–Trinajstić information content (AvgIpc) is 2.35. The van der Waals surface area contributed by atoms with Crippen molar-refractivity contribution < 1.29 is 8.42 Å². The highest BCUT2D eigenvalue weighted by Crippen LogP contribution is 2.25. The van der Waals surface area contributed by atoms with E-state index in [2.05, 4.69) is 10.3 Å².